The van der Waals surface area contributed by atoms with Gasteiger partial charge in [0.25, 0.3) is 0 Å². The zero-order valence-electron chi connectivity index (χ0n) is 9.36. The summed E-state index contributed by atoms with van der Waals surface area (Å²) in [6, 6.07) is 5.84. The fourth-order valence-corrected chi connectivity index (χ4v) is 2.43. The van der Waals surface area contributed by atoms with Crippen molar-refractivity contribution in [3.8, 4) is 6.07 Å². The quantitative estimate of drug-likeness (QED) is 0.844. The minimum atomic E-state index is 0.491. The van der Waals surface area contributed by atoms with Gasteiger partial charge < -0.3 is 5.32 Å². The highest BCUT2D eigenvalue weighted by atomic mass is 32.2. The molecule has 0 aromatic carbocycles. The molecule has 0 atom stereocenters. The second-order valence-corrected chi connectivity index (χ2v) is 5.43. The number of hydrogen-bond donors (Lipinski definition) is 1. The van der Waals surface area contributed by atoms with Crippen molar-refractivity contribution >= 4 is 11.8 Å². The maximum absolute atomic E-state index is 8.73. The molecule has 1 N–H and O–H groups in total. The van der Waals surface area contributed by atoms with E-state index in [1.54, 1.807) is 6.20 Å². The number of pyridine rings is 1. The van der Waals surface area contributed by atoms with Gasteiger partial charge >= 0.3 is 0 Å². The van der Waals surface area contributed by atoms with Crippen LogP contribution in [0.15, 0.2) is 18.3 Å². The van der Waals surface area contributed by atoms with Crippen LogP contribution >= 0.6 is 11.8 Å². The van der Waals surface area contributed by atoms with Crippen molar-refractivity contribution in [2.75, 3.05) is 12.8 Å². The van der Waals surface area contributed by atoms with Gasteiger partial charge in [-0.25, -0.2) is 4.98 Å². The third kappa shape index (κ3) is 2.75. The fourth-order valence-electron chi connectivity index (χ4n) is 1.67. The zero-order chi connectivity index (χ0) is 11.4. The normalized spacial score (nSPS) is 16.8. The van der Waals surface area contributed by atoms with Gasteiger partial charge in [-0.2, -0.15) is 17.0 Å². The van der Waals surface area contributed by atoms with Crippen molar-refractivity contribution in [3.05, 3.63) is 29.6 Å². The monoisotopic (exact) mass is 233 g/mol. The average molecular weight is 233 g/mol. The number of aromatic nitrogens is 1. The van der Waals surface area contributed by atoms with E-state index in [1.165, 1.54) is 12.8 Å². The Bertz CT molecular complexity index is 407. The van der Waals surface area contributed by atoms with E-state index >= 15 is 0 Å². The molecular formula is C12H15N3S. The van der Waals surface area contributed by atoms with Crippen LogP contribution < -0.4 is 5.32 Å². The lowest BCUT2D eigenvalue weighted by molar-refractivity contribution is 0.662. The summed E-state index contributed by atoms with van der Waals surface area (Å²) in [5, 5.41) is 12.2. The highest BCUT2D eigenvalue weighted by Crippen LogP contribution is 2.46. The Labute approximate surface area is 100 Å². The predicted octanol–water partition coefficient (Wildman–Crippen LogP) is 1.94. The van der Waals surface area contributed by atoms with E-state index in [1.807, 2.05) is 23.9 Å². The fraction of sp³-hybridized carbons (Fsp3) is 0.500. The Morgan fingerprint density at radius 3 is 3.06 bits per heavy atom. The molecule has 0 saturated heterocycles. The third-order valence-corrected chi connectivity index (χ3v) is 4.37. The number of rotatable bonds is 5. The Balaban J connectivity index is 1.83. The molecule has 1 fully saturated rings. The molecule has 0 amide bonds. The van der Waals surface area contributed by atoms with Gasteiger partial charge in [0, 0.05) is 24.0 Å². The minimum absolute atomic E-state index is 0.491. The lowest BCUT2D eigenvalue weighted by atomic mass is 10.2. The Kier molecular flexibility index (Phi) is 3.47. The maximum Gasteiger partial charge on any atom is 0.140 e. The summed E-state index contributed by atoms with van der Waals surface area (Å²) in [6.07, 6.45) is 6.51. The maximum atomic E-state index is 8.73. The molecule has 0 unspecified atom stereocenters. The van der Waals surface area contributed by atoms with Crippen molar-refractivity contribution < 1.29 is 0 Å². The van der Waals surface area contributed by atoms with Crippen LogP contribution in [0.2, 0.25) is 0 Å². The van der Waals surface area contributed by atoms with Gasteiger partial charge in [0.2, 0.25) is 0 Å². The van der Waals surface area contributed by atoms with E-state index in [0.717, 1.165) is 18.7 Å². The molecule has 1 aliphatic carbocycles. The first-order chi connectivity index (χ1) is 7.78. The number of nitrogens with one attached hydrogen (secondary N) is 1. The van der Waals surface area contributed by atoms with Gasteiger partial charge in [-0.05, 0) is 36.8 Å². The first-order valence-electron chi connectivity index (χ1n) is 5.39. The van der Waals surface area contributed by atoms with Crippen LogP contribution in [0.4, 0.5) is 0 Å². The van der Waals surface area contributed by atoms with Crippen molar-refractivity contribution in [2.24, 2.45) is 0 Å². The summed E-state index contributed by atoms with van der Waals surface area (Å²) < 4.78 is 0.491. The van der Waals surface area contributed by atoms with Crippen LogP contribution in [0.1, 0.15) is 24.1 Å². The molecule has 1 saturated carbocycles. The highest BCUT2D eigenvalue weighted by molar-refractivity contribution is 8.00. The molecule has 1 aromatic heterocycles. The topological polar surface area (TPSA) is 48.7 Å². The molecule has 3 nitrogen and oxygen atoms in total. The molecule has 4 heteroatoms. The standard InChI is InChI=1S/C12H15N3S/c1-16-12(3-4-12)9-14-8-10-2-5-15-11(6-10)7-13/h2,5-6,14H,3-4,8-9H2,1H3. The van der Waals surface area contributed by atoms with Crippen LogP contribution in [0.5, 0.6) is 0 Å². The van der Waals surface area contributed by atoms with Crippen LogP contribution in [0, 0.1) is 11.3 Å². The van der Waals surface area contributed by atoms with E-state index in [-0.39, 0.29) is 0 Å². The summed E-state index contributed by atoms with van der Waals surface area (Å²) in [5.41, 5.74) is 1.62. The van der Waals surface area contributed by atoms with Crippen LogP contribution in [-0.2, 0) is 6.54 Å². The summed E-state index contributed by atoms with van der Waals surface area (Å²) in [7, 11) is 0. The van der Waals surface area contributed by atoms with E-state index in [2.05, 4.69) is 22.6 Å². The van der Waals surface area contributed by atoms with Gasteiger partial charge in [-0.1, -0.05) is 0 Å². The first kappa shape index (κ1) is 11.4. The Morgan fingerprint density at radius 1 is 1.62 bits per heavy atom. The third-order valence-electron chi connectivity index (χ3n) is 2.96. The van der Waals surface area contributed by atoms with Crippen molar-refractivity contribution in [1.29, 1.82) is 5.26 Å². The van der Waals surface area contributed by atoms with Gasteiger partial charge in [0.05, 0.1) is 0 Å². The summed E-state index contributed by atoms with van der Waals surface area (Å²) in [5.74, 6) is 0. The molecule has 1 aliphatic rings. The summed E-state index contributed by atoms with van der Waals surface area (Å²) >= 11 is 1.95. The van der Waals surface area contributed by atoms with Crippen LogP contribution in [-0.4, -0.2) is 22.5 Å². The number of thioether (sulfide) groups is 1. The van der Waals surface area contributed by atoms with E-state index in [4.69, 9.17) is 5.26 Å². The minimum Gasteiger partial charge on any atom is -0.311 e. The van der Waals surface area contributed by atoms with Crippen molar-refractivity contribution in [3.63, 3.8) is 0 Å². The average Bonchev–Trinajstić information content (AvgIpc) is 3.10. The predicted molar refractivity (Wildman–Crippen MR) is 66.1 cm³/mol. The van der Waals surface area contributed by atoms with Gasteiger partial charge in [-0.3, -0.25) is 0 Å². The Hall–Kier alpha value is -1.05. The zero-order valence-corrected chi connectivity index (χ0v) is 10.2. The summed E-state index contributed by atoms with van der Waals surface area (Å²) in [6.45, 7) is 1.87. The molecule has 2 rings (SSSR count). The van der Waals surface area contributed by atoms with E-state index in [9.17, 15) is 0 Å². The molecule has 1 aromatic rings. The van der Waals surface area contributed by atoms with Crippen molar-refractivity contribution in [1.82, 2.24) is 10.3 Å². The number of nitriles is 1. The largest absolute Gasteiger partial charge is 0.311 e. The van der Waals surface area contributed by atoms with E-state index in [0.29, 0.717) is 10.4 Å². The van der Waals surface area contributed by atoms with Gasteiger partial charge in [0.15, 0.2) is 0 Å². The second kappa shape index (κ2) is 4.86. The lowest BCUT2D eigenvalue weighted by Crippen LogP contribution is -2.25. The van der Waals surface area contributed by atoms with Gasteiger partial charge in [-0.15, -0.1) is 0 Å². The lowest BCUT2D eigenvalue weighted by Gasteiger charge is -2.12. The van der Waals surface area contributed by atoms with Gasteiger partial charge in [0.1, 0.15) is 11.8 Å². The molecule has 16 heavy (non-hydrogen) atoms. The first-order valence-corrected chi connectivity index (χ1v) is 6.61. The highest BCUT2D eigenvalue weighted by Gasteiger charge is 2.41. The molecule has 0 aliphatic heterocycles. The SMILES string of the molecule is CSC1(CNCc2ccnc(C#N)c2)CC1. The Morgan fingerprint density at radius 2 is 2.44 bits per heavy atom. The molecule has 0 spiro atoms. The number of hydrogen-bond acceptors (Lipinski definition) is 4. The van der Waals surface area contributed by atoms with Crippen molar-refractivity contribution in [2.45, 2.75) is 24.1 Å². The molecule has 1 heterocycles. The molecule has 0 bridgehead atoms. The van der Waals surface area contributed by atoms with Crippen LogP contribution in [0.3, 0.4) is 0 Å². The number of nitrogens with zero attached hydrogens (tertiary/aromatic N) is 2. The second-order valence-electron chi connectivity index (χ2n) is 4.15. The smallest absolute Gasteiger partial charge is 0.140 e. The van der Waals surface area contributed by atoms with E-state index < -0.39 is 0 Å². The van der Waals surface area contributed by atoms with Crippen LogP contribution in [0.25, 0.3) is 0 Å². The molecular weight excluding hydrogens is 218 g/mol. The summed E-state index contributed by atoms with van der Waals surface area (Å²) in [4.78, 5) is 3.95. The molecule has 84 valence electrons. The molecule has 0 radical (unpaired) electrons.